The molecule has 0 saturated heterocycles. The molecule has 1 aromatic heterocycles. The zero-order valence-electron chi connectivity index (χ0n) is 13.8. The highest BCUT2D eigenvalue weighted by Gasteiger charge is 2.34. The van der Waals surface area contributed by atoms with Crippen LogP contribution in [0.5, 0.6) is 0 Å². The SMILES string of the molecule is O=C(CCc1ccncc1)N[C@@H](Cc1ccccc1)C1CC(O)C1. The van der Waals surface area contributed by atoms with E-state index in [1.54, 1.807) is 12.4 Å². The van der Waals surface area contributed by atoms with Gasteiger partial charge in [-0.05, 0) is 54.9 Å². The fourth-order valence-corrected chi connectivity index (χ4v) is 3.25. The molecule has 1 aliphatic carbocycles. The summed E-state index contributed by atoms with van der Waals surface area (Å²) in [7, 11) is 0. The predicted octanol–water partition coefficient (Wildman–Crippen LogP) is 2.51. The molecule has 0 spiro atoms. The van der Waals surface area contributed by atoms with Crippen molar-refractivity contribution in [3.05, 3.63) is 66.0 Å². The van der Waals surface area contributed by atoms with Crippen molar-refractivity contribution in [2.45, 2.75) is 44.2 Å². The summed E-state index contributed by atoms with van der Waals surface area (Å²) in [5.41, 5.74) is 2.34. The van der Waals surface area contributed by atoms with Crippen molar-refractivity contribution < 1.29 is 9.90 Å². The first-order valence-electron chi connectivity index (χ1n) is 8.61. The summed E-state index contributed by atoms with van der Waals surface area (Å²) in [4.78, 5) is 16.3. The van der Waals surface area contributed by atoms with Gasteiger partial charge < -0.3 is 10.4 Å². The number of aryl methyl sites for hydroxylation is 1. The molecule has 2 aromatic rings. The number of aliphatic hydroxyl groups is 1. The lowest BCUT2D eigenvalue weighted by Crippen LogP contribution is -2.48. The number of carbonyl (C=O) groups excluding carboxylic acids is 1. The van der Waals surface area contributed by atoms with Crippen LogP contribution in [0.25, 0.3) is 0 Å². The van der Waals surface area contributed by atoms with Gasteiger partial charge in [-0.1, -0.05) is 30.3 Å². The van der Waals surface area contributed by atoms with Crippen molar-refractivity contribution >= 4 is 5.91 Å². The number of hydrogen-bond donors (Lipinski definition) is 2. The van der Waals surface area contributed by atoms with Gasteiger partial charge in [0, 0.05) is 24.9 Å². The molecular weight excluding hydrogens is 300 g/mol. The van der Waals surface area contributed by atoms with E-state index < -0.39 is 0 Å². The first-order valence-corrected chi connectivity index (χ1v) is 8.61. The second-order valence-corrected chi connectivity index (χ2v) is 6.60. The maximum Gasteiger partial charge on any atom is 0.220 e. The zero-order chi connectivity index (χ0) is 16.8. The molecule has 1 fully saturated rings. The average Bonchev–Trinajstić information content (AvgIpc) is 2.58. The van der Waals surface area contributed by atoms with Crippen molar-refractivity contribution in [2.75, 3.05) is 0 Å². The Morgan fingerprint density at radius 3 is 2.50 bits per heavy atom. The van der Waals surface area contributed by atoms with Crippen LogP contribution in [0.2, 0.25) is 0 Å². The fourth-order valence-electron chi connectivity index (χ4n) is 3.25. The fraction of sp³-hybridized carbons (Fsp3) is 0.400. The Bertz CT molecular complexity index is 639. The standard InChI is InChI=1S/C20H24N2O2/c23-18-13-17(14-18)19(12-16-4-2-1-3-5-16)22-20(24)7-6-15-8-10-21-11-9-15/h1-5,8-11,17-19,23H,6-7,12-14H2,(H,22,24)/t17?,18?,19-/m0/s1. The molecule has 4 nitrogen and oxygen atoms in total. The van der Waals surface area contributed by atoms with Crippen LogP contribution < -0.4 is 5.32 Å². The van der Waals surface area contributed by atoms with Gasteiger partial charge in [-0.15, -0.1) is 0 Å². The highest BCUT2D eigenvalue weighted by Crippen LogP contribution is 2.31. The van der Waals surface area contributed by atoms with E-state index in [1.165, 1.54) is 5.56 Å². The normalized spacial score (nSPS) is 20.9. The Labute approximate surface area is 142 Å². The van der Waals surface area contributed by atoms with E-state index in [9.17, 15) is 9.90 Å². The first-order chi connectivity index (χ1) is 11.7. The molecule has 0 unspecified atom stereocenters. The van der Waals surface area contributed by atoms with Crippen molar-refractivity contribution in [1.29, 1.82) is 0 Å². The van der Waals surface area contributed by atoms with E-state index in [0.717, 1.165) is 31.2 Å². The Kier molecular flexibility index (Phi) is 5.59. The summed E-state index contributed by atoms with van der Waals surface area (Å²) in [5.74, 6) is 0.444. The van der Waals surface area contributed by atoms with Gasteiger partial charge in [-0.2, -0.15) is 0 Å². The number of aliphatic hydroxyl groups excluding tert-OH is 1. The van der Waals surface area contributed by atoms with Crippen LogP contribution in [0.15, 0.2) is 54.9 Å². The van der Waals surface area contributed by atoms with Crippen molar-refractivity contribution in [3.63, 3.8) is 0 Å². The molecule has 1 amide bonds. The van der Waals surface area contributed by atoms with Crippen molar-refractivity contribution in [1.82, 2.24) is 10.3 Å². The van der Waals surface area contributed by atoms with Crippen LogP contribution in [0.1, 0.15) is 30.4 Å². The van der Waals surface area contributed by atoms with E-state index in [-0.39, 0.29) is 18.1 Å². The highest BCUT2D eigenvalue weighted by molar-refractivity contribution is 5.76. The van der Waals surface area contributed by atoms with Crippen LogP contribution in [0.4, 0.5) is 0 Å². The maximum absolute atomic E-state index is 12.4. The van der Waals surface area contributed by atoms with E-state index >= 15 is 0 Å². The van der Waals surface area contributed by atoms with Crippen LogP contribution >= 0.6 is 0 Å². The molecule has 3 rings (SSSR count). The summed E-state index contributed by atoms with van der Waals surface area (Å²) in [6, 6.07) is 14.2. The minimum absolute atomic E-state index is 0.0779. The quantitative estimate of drug-likeness (QED) is 0.822. The molecule has 1 saturated carbocycles. The minimum atomic E-state index is -0.206. The molecule has 0 radical (unpaired) electrons. The van der Waals surface area contributed by atoms with Gasteiger partial charge in [0.25, 0.3) is 0 Å². The van der Waals surface area contributed by atoms with Gasteiger partial charge in [0.2, 0.25) is 5.91 Å². The van der Waals surface area contributed by atoms with Gasteiger partial charge in [0.15, 0.2) is 0 Å². The number of nitrogens with zero attached hydrogens (tertiary/aromatic N) is 1. The Morgan fingerprint density at radius 2 is 1.83 bits per heavy atom. The van der Waals surface area contributed by atoms with E-state index in [0.29, 0.717) is 12.3 Å². The van der Waals surface area contributed by atoms with Crippen molar-refractivity contribution in [3.8, 4) is 0 Å². The van der Waals surface area contributed by atoms with E-state index in [2.05, 4.69) is 22.4 Å². The lowest BCUT2D eigenvalue weighted by molar-refractivity contribution is -0.122. The van der Waals surface area contributed by atoms with Gasteiger partial charge in [-0.3, -0.25) is 9.78 Å². The molecule has 2 N–H and O–H groups in total. The zero-order valence-corrected chi connectivity index (χ0v) is 13.8. The molecule has 1 heterocycles. The third kappa shape index (κ3) is 4.65. The molecule has 4 heteroatoms. The van der Waals surface area contributed by atoms with E-state index in [1.807, 2.05) is 30.3 Å². The third-order valence-corrected chi connectivity index (χ3v) is 4.75. The second-order valence-electron chi connectivity index (χ2n) is 6.60. The number of benzene rings is 1. The van der Waals surface area contributed by atoms with Crippen molar-refractivity contribution in [2.24, 2.45) is 5.92 Å². The predicted molar refractivity (Wildman–Crippen MR) is 93.4 cm³/mol. The molecule has 1 atom stereocenters. The van der Waals surface area contributed by atoms with Crippen LogP contribution in [-0.2, 0) is 17.6 Å². The van der Waals surface area contributed by atoms with E-state index in [4.69, 9.17) is 0 Å². The minimum Gasteiger partial charge on any atom is -0.393 e. The average molecular weight is 324 g/mol. The van der Waals surface area contributed by atoms with Gasteiger partial charge in [0.05, 0.1) is 6.10 Å². The molecule has 1 aromatic carbocycles. The van der Waals surface area contributed by atoms with Gasteiger partial charge >= 0.3 is 0 Å². The van der Waals surface area contributed by atoms with Crippen LogP contribution in [0, 0.1) is 5.92 Å². The lowest BCUT2D eigenvalue weighted by atomic mass is 9.75. The summed E-state index contributed by atoms with van der Waals surface area (Å²) in [6.07, 6.45) is 6.87. The third-order valence-electron chi connectivity index (χ3n) is 4.75. The lowest BCUT2D eigenvalue weighted by Gasteiger charge is -2.38. The number of amides is 1. The summed E-state index contributed by atoms with van der Waals surface area (Å²) in [5, 5.41) is 12.8. The maximum atomic E-state index is 12.4. The second kappa shape index (κ2) is 8.06. The Morgan fingerprint density at radius 1 is 1.12 bits per heavy atom. The molecule has 24 heavy (non-hydrogen) atoms. The molecular formula is C20H24N2O2. The largest absolute Gasteiger partial charge is 0.393 e. The smallest absolute Gasteiger partial charge is 0.220 e. The number of hydrogen-bond acceptors (Lipinski definition) is 3. The number of nitrogens with one attached hydrogen (secondary N) is 1. The summed E-state index contributed by atoms with van der Waals surface area (Å²) in [6.45, 7) is 0. The topological polar surface area (TPSA) is 62.2 Å². The van der Waals surface area contributed by atoms with Crippen LogP contribution in [0.3, 0.4) is 0 Å². The Balaban J connectivity index is 1.55. The van der Waals surface area contributed by atoms with Crippen LogP contribution in [-0.4, -0.2) is 28.1 Å². The monoisotopic (exact) mass is 324 g/mol. The Hall–Kier alpha value is -2.20. The summed E-state index contributed by atoms with van der Waals surface area (Å²) < 4.78 is 0. The molecule has 0 bridgehead atoms. The number of carbonyl (C=O) groups is 1. The first kappa shape index (κ1) is 16.7. The number of pyridine rings is 1. The molecule has 1 aliphatic rings. The summed E-state index contributed by atoms with van der Waals surface area (Å²) >= 11 is 0. The molecule has 126 valence electrons. The highest BCUT2D eigenvalue weighted by atomic mass is 16.3. The number of rotatable bonds is 7. The number of aromatic nitrogens is 1. The molecule has 0 aliphatic heterocycles. The van der Waals surface area contributed by atoms with Gasteiger partial charge in [0.1, 0.15) is 0 Å². The van der Waals surface area contributed by atoms with Gasteiger partial charge in [-0.25, -0.2) is 0 Å².